The summed E-state index contributed by atoms with van der Waals surface area (Å²) in [4.78, 5) is 36.2. The smallest absolute Gasteiger partial charge is 0.342 e. The van der Waals surface area contributed by atoms with Gasteiger partial charge in [-0.15, -0.1) is 0 Å². The van der Waals surface area contributed by atoms with E-state index in [0.717, 1.165) is 5.56 Å². The van der Waals surface area contributed by atoms with Gasteiger partial charge < -0.3 is 19.5 Å². The fraction of sp³-hybridized carbons (Fsp3) is 0.250. The summed E-state index contributed by atoms with van der Waals surface area (Å²) in [7, 11) is 2.68. The molecule has 0 radical (unpaired) electrons. The average molecular weight is 371 g/mol. The molecule has 2 aromatic rings. The summed E-state index contributed by atoms with van der Waals surface area (Å²) in [5.74, 6) is -1.53. The SMILES string of the molecule is COC(=O)[C@@H](Cc1ccccc1)NC(=O)COC(=O)c1ccccc1OC. The summed E-state index contributed by atoms with van der Waals surface area (Å²) in [6, 6.07) is 14.8. The molecule has 0 aromatic heterocycles. The van der Waals surface area contributed by atoms with Gasteiger partial charge in [-0.05, 0) is 17.7 Å². The first-order valence-corrected chi connectivity index (χ1v) is 8.26. The minimum atomic E-state index is -0.880. The van der Waals surface area contributed by atoms with Crippen LogP contribution in [0.15, 0.2) is 54.6 Å². The van der Waals surface area contributed by atoms with Gasteiger partial charge in [0.25, 0.3) is 5.91 Å². The van der Waals surface area contributed by atoms with Crippen molar-refractivity contribution in [2.24, 2.45) is 0 Å². The number of esters is 2. The molecule has 142 valence electrons. The summed E-state index contributed by atoms with van der Waals surface area (Å²) in [6.07, 6.45) is 0.264. The molecule has 7 heteroatoms. The van der Waals surface area contributed by atoms with Crippen molar-refractivity contribution >= 4 is 17.8 Å². The van der Waals surface area contributed by atoms with Gasteiger partial charge in [0.2, 0.25) is 0 Å². The van der Waals surface area contributed by atoms with E-state index in [4.69, 9.17) is 14.2 Å². The van der Waals surface area contributed by atoms with Crippen LogP contribution in [0.3, 0.4) is 0 Å². The second-order valence-electron chi connectivity index (χ2n) is 5.61. The molecular formula is C20H21NO6. The maximum atomic E-state index is 12.1. The predicted molar refractivity (Wildman–Crippen MR) is 97.4 cm³/mol. The number of benzene rings is 2. The summed E-state index contributed by atoms with van der Waals surface area (Å²) in [5, 5.41) is 2.53. The van der Waals surface area contributed by atoms with Crippen LogP contribution in [0.1, 0.15) is 15.9 Å². The van der Waals surface area contributed by atoms with Gasteiger partial charge in [-0.25, -0.2) is 9.59 Å². The van der Waals surface area contributed by atoms with E-state index in [2.05, 4.69) is 5.32 Å². The van der Waals surface area contributed by atoms with Gasteiger partial charge >= 0.3 is 11.9 Å². The van der Waals surface area contributed by atoms with Crippen molar-refractivity contribution < 1.29 is 28.6 Å². The Labute approximate surface area is 157 Å². The molecule has 2 rings (SSSR count). The number of methoxy groups -OCH3 is 2. The van der Waals surface area contributed by atoms with Crippen LogP contribution in [0.25, 0.3) is 0 Å². The molecule has 0 unspecified atom stereocenters. The third-order valence-corrected chi connectivity index (χ3v) is 3.76. The van der Waals surface area contributed by atoms with Gasteiger partial charge in [-0.3, -0.25) is 4.79 Å². The van der Waals surface area contributed by atoms with Crippen LogP contribution in [0, 0.1) is 0 Å². The van der Waals surface area contributed by atoms with Gasteiger partial charge in [0.15, 0.2) is 6.61 Å². The van der Waals surface area contributed by atoms with Crippen molar-refractivity contribution in [3.8, 4) is 5.75 Å². The van der Waals surface area contributed by atoms with E-state index in [9.17, 15) is 14.4 Å². The molecule has 0 heterocycles. The number of para-hydroxylation sites is 1. The van der Waals surface area contributed by atoms with Crippen molar-refractivity contribution in [3.63, 3.8) is 0 Å². The van der Waals surface area contributed by atoms with Crippen LogP contribution < -0.4 is 10.1 Å². The standard InChI is InChI=1S/C20H21NO6/c1-25-17-11-7-6-10-15(17)19(23)27-13-18(22)21-16(20(24)26-2)12-14-8-4-3-5-9-14/h3-11,16H,12-13H2,1-2H3,(H,21,22)/t16-/m1/s1. The number of amides is 1. The molecular weight excluding hydrogens is 350 g/mol. The van der Waals surface area contributed by atoms with Crippen molar-refractivity contribution in [2.75, 3.05) is 20.8 Å². The zero-order chi connectivity index (χ0) is 19.6. The highest BCUT2D eigenvalue weighted by molar-refractivity contribution is 5.94. The Hall–Kier alpha value is -3.35. The van der Waals surface area contributed by atoms with E-state index in [1.165, 1.54) is 20.3 Å². The normalized spacial score (nSPS) is 11.2. The fourth-order valence-electron chi connectivity index (χ4n) is 2.44. The third kappa shape index (κ3) is 5.85. The summed E-state index contributed by atoms with van der Waals surface area (Å²) in [5.41, 5.74) is 1.07. The van der Waals surface area contributed by atoms with Gasteiger partial charge in [0, 0.05) is 6.42 Å². The Bertz CT molecular complexity index is 790. The lowest BCUT2D eigenvalue weighted by molar-refractivity contribution is -0.145. The lowest BCUT2D eigenvalue weighted by Gasteiger charge is -2.16. The molecule has 0 spiro atoms. The van der Waals surface area contributed by atoms with Crippen LogP contribution >= 0.6 is 0 Å². The van der Waals surface area contributed by atoms with E-state index >= 15 is 0 Å². The quantitative estimate of drug-likeness (QED) is 0.711. The van der Waals surface area contributed by atoms with Crippen LogP contribution in [0.4, 0.5) is 0 Å². The maximum Gasteiger partial charge on any atom is 0.342 e. The highest BCUT2D eigenvalue weighted by Gasteiger charge is 2.23. The average Bonchev–Trinajstić information content (AvgIpc) is 2.71. The Balaban J connectivity index is 1.95. The topological polar surface area (TPSA) is 90.9 Å². The highest BCUT2D eigenvalue weighted by Crippen LogP contribution is 2.18. The number of hydrogen-bond acceptors (Lipinski definition) is 6. The van der Waals surface area contributed by atoms with E-state index < -0.39 is 30.5 Å². The Kier molecular flexibility index (Phi) is 7.37. The van der Waals surface area contributed by atoms with E-state index in [1.807, 2.05) is 30.3 Å². The van der Waals surface area contributed by atoms with Crippen molar-refractivity contribution in [1.82, 2.24) is 5.32 Å². The number of rotatable bonds is 8. The van der Waals surface area contributed by atoms with Crippen LogP contribution in [0.2, 0.25) is 0 Å². The molecule has 0 aliphatic heterocycles. The van der Waals surface area contributed by atoms with Crippen LogP contribution in [0.5, 0.6) is 5.75 Å². The lowest BCUT2D eigenvalue weighted by atomic mass is 10.1. The van der Waals surface area contributed by atoms with Crippen LogP contribution in [-0.4, -0.2) is 44.7 Å². The molecule has 2 aromatic carbocycles. The molecule has 1 amide bonds. The molecule has 0 bridgehead atoms. The first kappa shape index (κ1) is 20.0. The Morgan fingerprint density at radius 1 is 0.963 bits per heavy atom. The number of carbonyl (C=O) groups is 3. The minimum absolute atomic E-state index is 0.210. The van der Waals surface area contributed by atoms with Gasteiger partial charge in [0.1, 0.15) is 17.4 Å². The molecule has 0 aliphatic carbocycles. The lowest BCUT2D eigenvalue weighted by Crippen LogP contribution is -2.44. The second-order valence-corrected chi connectivity index (χ2v) is 5.61. The minimum Gasteiger partial charge on any atom is -0.496 e. The largest absolute Gasteiger partial charge is 0.496 e. The van der Waals surface area contributed by atoms with Gasteiger partial charge in [0.05, 0.1) is 14.2 Å². The molecule has 27 heavy (non-hydrogen) atoms. The number of hydrogen-bond donors (Lipinski definition) is 1. The molecule has 1 N–H and O–H groups in total. The molecule has 1 atom stereocenters. The Morgan fingerprint density at radius 2 is 1.63 bits per heavy atom. The number of ether oxygens (including phenoxy) is 3. The molecule has 0 saturated carbocycles. The van der Waals surface area contributed by atoms with E-state index in [0.29, 0.717) is 5.75 Å². The zero-order valence-electron chi connectivity index (χ0n) is 15.1. The fourth-order valence-corrected chi connectivity index (χ4v) is 2.44. The van der Waals surface area contributed by atoms with Crippen LogP contribution in [-0.2, 0) is 25.5 Å². The number of nitrogens with one attached hydrogen (secondary N) is 1. The summed E-state index contributed by atoms with van der Waals surface area (Å²) in [6.45, 7) is -0.529. The molecule has 0 saturated heterocycles. The highest BCUT2D eigenvalue weighted by atomic mass is 16.5. The predicted octanol–water partition coefficient (Wildman–Crippen LogP) is 1.75. The van der Waals surface area contributed by atoms with Crippen molar-refractivity contribution in [3.05, 3.63) is 65.7 Å². The molecule has 7 nitrogen and oxygen atoms in total. The van der Waals surface area contributed by atoms with Crippen molar-refractivity contribution in [2.45, 2.75) is 12.5 Å². The first-order valence-electron chi connectivity index (χ1n) is 8.26. The summed E-state index contributed by atoms with van der Waals surface area (Å²) < 4.78 is 14.8. The number of carbonyl (C=O) groups excluding carboxylic acids is 3. The maximum absolute atomic E-state index is 12.1. The van der Waals surface area contributed by atoms with Gasteiger partial charge in [-0.1, -0.05) is 42.5 Å². The zero-order valence-corrected chi connectivity index (χ0v) is 15.1. The second kappa shape index (κ2) is 9.96. The Morgan fingerprint density at radius 3 is 2.30 bits per heavy atom. The molecule has 0 fully saturated rings. The monoisotopic (exact) mass is 371 g/mol. The first-order chi connectivity index (χ1) is 13.0. The summed E-state index contributed by atoms with van der Waals surface area (Å²) >= 11 is 0. The van der Waals surface area contributed by atoms with E-state index in [-0.39, 0.29) is 12.0 Å². The third-order valence-electron chi connectivity index (χ3n) is 3.76. The molecule has 0 aliphatic rings. The van der Waals surface area contributed by atoms with Crippen molar-refractivity contribution in [1.29, 1.82) is 0 Å². The van der Waals surface area contributed by atoms with E-state index in [1.54, 1.807) is 18.2 Å². The van der Waals surface area contributed by atoms with Gasteiger partial charge in [-0.2, -0.15) is 0 Å².